The highest BCUT2D eigenvalue weighted by molar-refractivity contribution is 6.02. The molecule has 128 valence electrons. The van der Waals surface area contributed by atoms with E-state index < -0.39 is 0 Å². The fourth-order valence-electron chi connectivity index (χ4n) is 3.06. The summed E-state index contributed by atoms with van der Waals surface area (Å²) in [6.07, 6.45) is 4.80. The average Bonchev–Trinajstić information content (AvgIpc) is 3.22. The van der Waals surface area contributed by atoms with Gasteiger partial charge in [0.2, 0.25) is 17.7 Å². The maximum atomic E-state index is 11.9. The first-order chi connectivity index (χ1) is 11.6. The van der Waals surface area contributed by atoms with E-state index in [0.29, 0.717) is 6.54 Å². The van der Waals surface area contributed by atoms with Crippen LogP contribution in [-0.4, -0.2) is 47.2 Å². The lowest BCUT2D eigenvalue weighted by Gasteiger charge is -2.17. The largest absolute Gasteiger partial charge is 0.357 e. The van der Waals surface area contributed by atoms with Crippen molar-refractivity contribution >= 4 is 23.5 Å². The number of nitrogens with zero attached hydrogens (tertiary/aromatic N) is 3. The molecule has 3 heterocycles. The van der Waals surface area contributed by atoms with Gasteiger partial charge in [0.05, 0.1) is 0 Å². The summed E-state index contributed by atoms with van der Waals surface area (Å²) in [6, 6.07) is 3.88. The molecule has 24 heavy (non-hydrogen) atoms. The molecule has 0 aromatic carbocycles. The van der Waals surface area contributed by atoms with Crippen molar-refractivity contribution in [1.82, 2.24) is 15.2 Å². The second-order valence-electron chi connectivity index (χ2n) is 6.18. The Morgan fingerprint density at radius 2 is 1.88 bits per heavy atom. The van der Waals surface area contributed by atoms with Crippen molar-refractivity contribution in [2.75, 3.05) is 24.5 Å². The van der Waals surface area contributed by atoms with Crippen LogP contribution in [0.1, 0.15) is 37.7 Å². The molecule has 2 aliphatic rings. The summed E-state index contributed by atoms with van der Waals surface area (Å²) in [5.41, 5.74) is 0.994. The SMILES string of the molecule is O=C(CCN1C(=O)CCC1=O)NCc1ccnc(N2CCCC2)c1. The van der Waals surface area contributed by atoms with E-state index in [0.717, 1.165) is 24.5 Å². The molecule has 0 unspecified atom stereocenters. The Hall–Kier alpha value is -2.44. The Kier molecular flexibility index (Phi) is 5.08. The van der Waals surface area contributed by atoms with Crippen molar-refractivity contribution in [2.45, 2.75) is 38.6 Å². The number of hydrogen-bond donors (Lipinski definition) is 1. The van der Waals surface area contributed by atoms with E-state index in [1.54, 1.807) is 6.20 Å². The van der Waals surface area contributed by atoms with Gasteiger partial charge in [0.1, 0.15) is 5.82 Å². The molecular weight excluding hydrogens is 308 g/mol. The minimum atomic E-state index is -0.183. The molecule has 1 aromatic rings. The third kappa shape index (κ3) is 3.90. The molecule has 7 nitrogen and oxygen atoms in total. The molecule has 0 spiro atoms. The number of imide groups is 1. The van der Waals surface area contributed by atoms with Crippen LogP contribution in [0.4, 0.5) is 5.82 Å². The summed E-state index contributed by atoms with van der Waals surface area (Å²) >= 11 is 0. The zero-order chi connectivity index (χ0) is 16.9. The van der Waals surface area contributed by atoms with Gasteiger partial charge >= 0.3 is 0 Å². The van der Waals surface area contributed by atoms with Gasteiger partial charge in [-0.15, -0.1) is 0 Å². The normalized spacial score (nSPS) is 17.7. The first kappa shape index (κ1) is 16.4. The van der Waals surface area contributed by atoms with Crippen molar-refractivity contribution in [3.05, 3.63) is 23.9 Å². The molecule has 0 bridgehead atoms. The van der Waals surface area contributed by atoms with Crippen molar-refractivity contribution < 1.29 is 14.4 Å². The Morgan fingerprint density at radius 3 is 2.58 bits per heavy atom. The molecule has 2 saturated heterocycles. The summed E-state index contributed by atoms with van der Waals surface area (Å²) in [5.74, 6) is 0.420. The van der Waals surface area contributed by atoms with Crippen molar-refractivity contribution in [2.24, 2.45) is 0 Å². The van der Waals surface area contributed by atoms with E-state index in [1.807, 2.05) is 12.1 Å². The highest BCUT2D eigenvalue weighted by Crippen LogP contribution is 2.18. The van der Waals surface area contributed by atoms with Crippen LogP contribution < -0.4 is 10.2 Å². The fraction of sp³-hybridized carbons (Fsp3) is 0.529. The molecule has 0 atom stereocenters. The maximum absolute atomic E-state index is 11.9. The number of carbonyl (C=O) groups is 3. The minimum Gasteiger partial charge on any atom is -0.357 e. The summed E-state index contributed by atoms with van der Waals surface area (Å²) in [5, 5.41) is 2.84. The van der Waals surface area contributed by atoms with Crippen LogP contribution in [0.25, 0.3) is 0 Å². The van der Waals surface area contributed by atoms with Crippen molar-refractivity contribution in [3.63, 3.8) is 0 Å². The van der Waals surface area contributed by atoms with Gasteiger partial charge in [0.15, 0.2) is 0 Å². The lowest BCUT2D eigenvalue weighted by Crippen LogP contribution is -2.34. The topological polar surface area (TPSA) is 82.6 Å². The van der Waals surface area contributed by atoms with Gasteiger partial charge in [0.25, 0.3) is 0 Å². The van der Waals surface area contributed by atoms with Crippen LogP contribution in [0, 0.1) is 0 Å². The predicted molar refractivity (Wildman–Crippen MR) is 88.1 cm³/mol. The minimum absolute atomic E-state index is 0.140. The zero-order valence-corrected chi connectivity index (χ0v) is 13.7. The molecule has 0 radical (unpaired) electrons. The summed E-state index contributed by atoms with van der Waals surface area (Å²) in [7, 11) is 0. The number of anilines is 1. The molecular formula is C17H22N4O3. The molecule has 0 saturated carbocycles. The summed E-state index contributed by atoms with van der Waals surface area (Å²) < 4.78 is 0. The first-order valence-electron chi connectivity index (χ1n) is 8.43. The smallest absolute Gasteiger partial charge is 0.229 e. The van der Waals surface area contributed by atoms with Crippen LogP contribution in [0.15, 0.2) is 18.3 Å². The van der Waals surface area contributed by atoms with Crippen LogP contribution in [0.2, 0.25) is 0 Å². The average molecular weight is 330 g/mol. The van der Waals surface area contributed by atoms with Crippen molar-refractivity contribution in [3.8, 4) is 0 Å². The van der Waals surface area contributed by atoms with E-state index in [9.17, 15) is 14.4 Å². The third-order valence-electron chi connectivity index (χ3n) is 4.45. The molecule has 0 aliphatic carbocycles. The molecule has 7 heteroatoms. The van der Waals surface area contributed by atoms with E-state index in [4.69, 9.17) is 0 Å². The molecule has 3 amide bonds. The molecule has 3 rings (SSSR count). The Labute approximate surface area is 141 Å². The number of nitrogens with one attached hydrogen (secondary N) is 1. The van der Waals surface area contributed by atoms with Crippen LogP contribution in [0.5, 0.6) is 0 Å². The van der Waals surface area contributed by atoms with Crippen LogP contribution in [0.3, 0.4) is 0 Å². The quantitative estimate of drug-likeness (QED) is 0.782. The number of amides is 3. The van der Waals surface area contributed by atoms with E-state index in [-0.39, 0.29) is 43.5 Å². The number of likely N-dealkylation sites (tertiary alicyclic amines) is 1. The second kappa shape index (κ2) is 7.42. The second-order valence-corrected chi connectivity index (χ2v) is 6.18. The van der Waals surface area contributed by atoms with Crippen molar-refractivity contribution in [1.29, 1.82) is 0 Å². The van der Waals surface area contributed by atoms with Gasteiger partial charge in [-0.25, -0.2) is 4.98 Å². The lowest BCUT2D eigenvalue weighted by molar-refractivity contribution is -0.138. The summed E-state index contributed by atoms with van der Waals surface area (Å²) in [4.78, 5) is 42.8. The standard InChI is InChI=1S/C17H22N4O3/c22-15(6-10-21-16(23)3-4-17(21)24)19-12-13-5-7-18-14(11-13)20-8-1-2-9-20/h5,7,11H,1-4,6,8-10,12H2,(H,19,22). The number of pyridine rings is 1. The maximum Gasteiger partial charge on any atom is 0.229 e. The van der Waals surface area contributed by atoms with Gasteiger partial charge in [-0.05, 0) is 30.5 Å². The molecule has 1 N–H and O–H groups in total. The predicted octanol–water partition coefficient (Wildman–Crippen LogP) is 0.837. The van der Waals surface area contributed by atoms with Gasteiger partial charge in [-0.1, -0.05) is 0 Å². The number of aromatic nitrogens is 1. The van der Waals surface area contributed by atoms with Gasteiger partial charge < -0.3 is 10.2 Å². The summed E-state index contributed by atoms with van der Waals surface area (Å²) in [6.45, 7) is 2.64. The lowest BCUT2D eigenvalue weighted by atomic mass is 10.2. The third-order valence-corrected chi connectivity index (χ3v) is 4.45. The molecule has 2 fully saturated rings. The number of rotatable bonds is 6. The number of carbonyl (C=O) groups excluding carboxylic acids is 3. The highest BCUT2D eigenvalue weighted by atomic mass is 16.2. The number of hydrogen-bond acceptors (Lipinski definition) is 5. The van der Waals surface area contributed by atoms with Gasteiger partial charge in [-0.3, -0.25) is 19.3 Å². The zero-order valence-electron chi connectivity index (χ0n) is 13.7. The first-order valence-corrected chi connectivity index (χ1v) is 8.43. The Balaban J connectivity index is 1.46. The molecule has 1 aromatic heterocycles. The van der Waals surface area contributed by atoms with Gasteiger partial charge in [0, 0.05) is 51.6 Å². The highest BCUT2D eigenvalue weighted by Gasteiger charge is 2.28. The van der Waals surface area contributed by atoms with Crippen LogP contribution >= 0.6 is 0 Å². The monoisotopic (exact) mass is 330 g/mol. The van der Waals surface area contributed by atoms with E-state index in [1.165, 1.54) is 17.7 Å². The van der Waals surface area contributed by atoms with Gasteiger partial charge in [-0.2, -0.15) is 0 Å². The Bertz CT molecular complexity index is 624. The van der Waals surface area contributed by atoms with Crippen LogP contribution in [-0.2, 0) is 20.9 Å². The van der Waals surface area contributed by atoms with E-state index in [2.05, 4.69) is 15.2 Å². The fourth-order valence-corrected chi connectivity index (χ4v) is 3.06. The Morgan fingerprint density at radius 1 is 1.17 bits per heavy atom. The van der Waals surface area contributed by atoms with E-state index >= 15 is 0 Å². The molecule has 2 aliphatic heterocycles.